The Hall–Kier alpha value is -3.93. The number of carbonyl (C=O) groups is 4. The Bertz CT molecular complexity index is 1290. The highest BCUT2D eigenvalue weighted by atomic mass is 16.6. The van der Waals surface area contributed by atoms with Crippen LogP contribution in [0.4, 0.5) is 4.79 Å². The van der Waals surface area contributed by atoms with E-state index in [-0.39, 0.29) is 36.8 Å². The standard InChI is InChI=1S/C30H42N6O6/c1-5-6-15-41-30(40)35-13-11-34(12-14-35)27(37)18-31-29(39)25-17-26(23-8-7-21(2)16-24(23)32-25)42-20-28(38)36-10-9-22(19-36)33(3)4/h7-8,16-17,22H,5-6,9-15,18-20H2,1-4H3,(H,31,39)/t22-/m0/s1. The van der Waals surface area contributed by atoms with E-state index in [1.165, 1.54) is 6.07 Å². The minimum absolute atomic E-state index is 0.0943. The molecule has 0 unspecified atom stereocenters. The van der Waals surface area contributed by atoms with Crippen LogP contribution < -0.4 is 10.1 Å². The summed E-state index contributed by atoms with van der Waals surface area (Å²) in [4.78, 5) is 62.5. The van der Waals surface area contributed by atoms with Crippen LogP contribution in [0.2, 0.25) is 0 Å². The zero-order chi connectivity index (χ0) is 30.2. The van der Waals surface area contributed by atoms with Crippen molar-refractivity contribution in [3.05, 3.63) is 35.5 Å². The van der Waals surface area contributed by atoms with E-state index in [9.17, 15) is 19.2 Å². The molecule has 0 saturated carbocycles. The summed E-state index contributed by atoms with van der Waals surface area (Å²) in [6.07, 6.45) is 2.32. The van der Waals surface area contributed by atoms with Crippen molar-refractivity contribution >= 4 is 34.7 Å². The van der Waals surface area contributed by atoms with E-state index in [4.69, 9.17) is 9.47 Å². The van der Waals surface area contributed by atoms with Crippen LogP contribution in [0.25, 0.3) is 10.9 Å². The van der Waals surface area contributed by atoms with Gasteiger partial charge in [0.1, 0.15) is 11.4 Å². The number of ether oxygens (including phenoxy) is 2. The highest BCUT2D eigenvalue weighted by molar-refractivity contribution is 5.98. The van der Waals surface area contributed by atoms with E-state index in [1.54, 1.807) is 14.7 Å². The molecule has 2 fully saturated rings. The van der Waals surface area contributed by atoms with Crippen LogP contribution in [0.15, 0.2) is 24.3 Å². The van der Waals surface area contributed by atoms with Crippen LogP contribution in [0, 0.1) is 6.92 Å². The number of piperazine rings is 1. The molecule has 3 heterocycles. The molecule has 0 aliphatic carbocycles. The van der Waals surface area contributed by atoms with Crippen molar-refractivity contribution in [1.82, 2.24) is 29.9 Å². The third-order valence-electron chi connectivity index (χ3n) is 7.77. The van der Waals surface area contributed by atoms with Gasteiger partial charge in [0.2, 0.25) is 5.91 Å². The molecule has 2 aliphatic heterocycles. The molecular formula is C30H42N6O6. The number of nitrogens with zero attached hydrogens (tertiary/aromatic N) is 5. The zero-order valence-corrected chi connectivity index (χ0v) is 25.1. The number of likely N-dealkylation sites (tertiary alicyclic amines) is 1. The molecule has 4 rings (SSSR count). The molecular weight excluding hydrogens is 540 g/mol. The lowest BCUT2D eigenvalue weighted by Gasteiger charge is -2.34. The number of unbranched alkanes of at least 4 members (excludes halogenated alkanes) is 1. The van der Waals surface area contributed by atoms with E-state index in [0.717, 1.165) is 24.8 Å². The Morgan fingerprint density at radius 2 is 1.74 bits per heavy atom. The molecule has 2 aliphatic rings. The van der Waals surface area contributed by atoms with E-state index in [0.29, 0.717) is 68.6 Å². The minimum atomic E-state index is -0.519. The van der Waals surface area contributed by atoms with Crippen molar-refractivity contribution in [3.63, 3.8) is 0 Å². The van der Waals surface area contributed by atoms with Crippen molar-refractivity contribution in [1.29, 1.82) is 0 Å². The number of hydrogen-bond donors (Lipinski definition) is 1. The summed E-state index contributed by atoms with van der Waals surface area (Å²) in [5.74, 6) is -0.491. The molecule has 228 valence electrons. The van der Waals surface area contributed by atoms with Gasteiger partial charge in [-0.15, -0.1) is 0 Å². The fourth-order valence-electron chi connectivity index (χ4n) is 5.05. The maximum absolute atomic E-state index is 13.1. The fraction of sp³-hybridized carbons (Fsp3) is 0.567. The van der Waals surface area contributed by atoms with Crippen LogP contribution in [0.3, 0.4) is 0 Å². The molecule has 0 bridgehead atoms. The number of pyridine rings is 1. The number of carbonyl (C=O) groups excluding carboxylic acids is 4. The molecule has 12 heteroatoms. The summed E-state index contributed by atoms with van der Waals surface area (Å²) < 4.78 is 11.2. The molecule has 12 nitrogen and oxygen atoms in total. The molecule has 1 aromatic carbocycles. The number of benzene rings is 1. The lowest BCUT2D eigenvalue weighted by Crippen LogP contribution is -2.52. The van der Waals surface area contributed by atoms with Gasteiger partial charge in [0, 0.05) is 56.8 Å². The van der Waals surface area contributed by atoms with Crippen LogP contribution >= 0.6 is 0 Å². The van der Waals surface area contributed by atoms with Crippen molar-refractivity contribution in [2.45, 2.75) is 39.2 Å². The van der Waals surface area contributed by atoms with Crippen molar-refractivity contribution in [3.8, 4) is 5.75 Å². The SMILES string of the molecule is CCCCOC(=O)N1CCN(C(=O)CNC(=O)c2cc(OCC(=O)N3CC[C@H](N(C)C)C3)c3ccc(C)cc3n2)CC1. The Labute approximate surface area is 246 Å². The fourth-order valence-corrected chi connectivity index (χ4v) is 5.05. The number of rotatable bonds is 10. The second-order valence-electron chi connectivity index (χ2n) is 11.1. The van der Waals surface area contributed by atoms with Gasteiger partial charge < -0.3 is 34.4 Å². The molecule has 2 saturated heterocycles. The number of aryl methyl sites for hydroxylation is 1. The number of fused-ring (bicyclic) bond motifs is 1. The Morgan fingerprint density at radius 3 is 2.43 bits per heavy atom. The van der Waals surface area contributed by atoms with Gasteiger partial charge in [-0.2, -0.15) is 0 Å². The summed E-state index contributed by atoms with van der Waals surface area (Å²) in [6, 6.07) is 7.47. The first kappa shape index (κ1) is 31.0. The van der Waals surface area contributed by atoms with Gasteiger partial charge in [-0.1, -0.05) is 19.4 Å². The summed E-state index contributed by atoms with van der Waals surface area (Å²) >= 11 is 0. The number of aromatic nitrogens is 1. The summed E-state index contributed by atoms with van der Waals surface area (Å²) in [6.45, 7) is 6.82. The molecule has 1 atom stereocenters. The number of likely N-dealkylation sites (N-methyl/N-ethyl adjacent to an activating group) is 1. The Balaban J connectivity index is 1.34. The predicted molar refractivity (Wildman–Crippen MR) is 157 cm³/mol. The normalized spacial score (nSPS) is 17.1. The van der Waals surface area contributed by atoms with Crippen molar-refractivity contribution in [2.24, 2.45) is 0 Å². The summed E-state index contributed by atoms with van der Waals surface area (Å²) in [7, 11) is 4.02. The van der Waals surface area contributed by atoms with Gasteiger partial charge in [-0.05, 0) is 51.6 Å². The van der Waals surface area contributed by atoms with Crippen LogP contribution in [-0.4, -0.2) is 128 Å². The van der Waals surface area contributed by atoms with E-state index in [1.807, 2.05) is 46.1 Å². The molecule has 1 aromatic heterocycles. The van der Waals surface area contributed by atoms with Crippen LogP contribution in [-0.2, 0) is 14.3 Å². The zero-order valence-electron chi connectivity index (χ0n) is 25.1. The Morgan fingerprint density at radius 1 is 1.00 bits per heavy atom. The van der Waals surface area contributed by atoms with Gasteiger partial charge in [0.15, 0.2) is 6.61 Å². The smallest absolute Gasteiger partial charge is 0.409 e. The highest BCUT2D eigenvalue weighted by Gasteiger charge is 2.28. The average Bonchev–Trinajstić information content (AvgIpc) is 3.49. The molecule has 42 heavy (non-hydrogen) atoms. The van der Waals surface area contributed by atoms with Crippen LogP contribution in [0.5, 0.6) is 5.75 Å². The lowest BCUT2D eigenvalue weighted by molar-refractivity contribution is -0.132. The van der Waals surface area contributed by atoms with E-state index in [2.05, 4.69) is 15.2 Å². The van der Waals surface area contributed by atoms with Crippen LogP contribution in [0.1, 0.15) is 42.2 Å². The first-order chi connectivity index (χ1) is 20.2. The third-order valence-corrected chi connectivity index (χ3v) is 7.77. The van der Waals surface area contributed by atoms with Crippen molar-refractivity contribution < 1.29 is 28.7 Å². The molecule has 1 N–H and O–H groups in total. The number of hydrogen-bond acceptors (Lipinski definition) is 8. The van der Waals surface area contributed by atoms with Gasteiger partial charge in [0.25, 0.3) is 11.8 Å². The van der Waals surface area contributed by atoms with E-state index >= 15 is 0 Å². The van der Waals surface area contributed by atoms with Gasteiger partial charge in [-0.25, -0.2) is 9.78 Å². The quantitative estimate of drug-likeness (QED) is 0.422. The number of amides is 4. The number of nitrogens with one attached hydrogen (secondary N) is 1. The molecule has 0 radical (unpaired) electrons. The summed E-state index contributed by atoms with van der Waals surface area (Å²) in [5, 5.41) is 3.36. The second kappa shape index (κ2) is 14.3. The van der Waals surface area contributed by atoms with Gasteiger partial charge in [-0.3, -0.25) is 14.4 Å². The molecule has 4 amide bonds. The summed E-state index contributed by atoms with van der Waals surface area (Å²) in [5.41, 5.74) is 1.62. The van der Waals surface area contributed by atoms with Crippen molar-refractivity contribution in [2.75, 3.05) is 73.1 Å². The second-order valence-corrected chi connectivity index (χ2v) is 11.1. The highest BCUT2D eigenvalue weighted by Crippen LogP contribution is 2.27. The minimum Gasteiger partial charge on any atom is -0.483 e. The predicted octanol–water partition coefficient (Wildman–Crippen LogP) is 1.90. The maximum atomic E-state index is 13.1. The largest absolute Gasteiger partial charge is 0.483 e. The monoisotopic (exact) mass is 582 g/mol. The average molecular weight is 583 g/mol. The third kappa shape index (κ3) is 7.87. The first-order valence-electron chi connectivity index (χ1n) is 14.6. The van der Waals surface area contributed by atoms with Gasteiger partial charge in [0.05, 0.1) is 18.7 Å². The maximum Gasteiger partial charge on any atom is 0.409 e. The van der Waals surface area contributed by atoms with Gasteiger partial charge >= 0.3 is 6.09 Å². The van der Waals surface area contributed by atoms with E-state index < -0.39 is 5.91 Å². The first-order valence-corrected chi connectivity index (χ1v) is 14.6. The Kier molecular flexibility index (Phi) is 10.6. The molecule has 0 spiro atoms. The topological polar surface area (TPSA) is 125 Å². The molecule has 2 aromatic rings. The lowest BCUT2D eigenvalue weighted by atomic mass is 10.1.